The Balaban J connectivity index is 1.84. The van der Waals surface area contributed by atoms with Crippen LogP contribution in [0, 0.1) is 5.92 Å². The minimum Gasteiger partial charge on any atom is -0.369 e. The van der Waals surface area contributed by atoms with Gasteiger partial charge in [0.05, 0.1) is 6.42 Å². The van der Waals surface area contributed by atoms with Crippen LogP contribution in [0.1, 0.15) is 24.0 Å². The summed E-state index contributed by atoms with van der Waals surface area (Å²) in [6.45, 7) is 2.64. The maximum absolute atomic E-state index is 11.2. The molecule has 6 heteroatoms. The molecule has 1 heterocycles. The van der Waals surface area contributed by atoms with Gasteiger partial charge in [-0.25, -0.2) is 5.84 Å². The van der Waals surface area contributed by atoms with Gasteiger partial charge in [0.15, 0.2) is 0 Å². The van der Waals surface area contributed by atoms with E-state index in [1.807, 2.05) is 24.3 Å². The first-order valence-electron chi connectivity index (χ1n) is 7.17. The van der Waals surface area contributed by atoms with Gasteiger partial charge in [-0.2, -0.15) is 0 Å². The van der Waals surface area contributed by atoms with E-state index in [0.717, 1.165) is 38.0 Å². The van der Waals surface area contributed by atoms with Crippen LogP contribution in [0.2, 0.25) is 0 Å². The largest absolute Gasteiger partial charge is 0.369 e. The van der Waals surface area contributed by atoms with Gasteiger partial charge in [0.2, 0.25) is 11.8 Å². The van der Waals surface area contributed by atoms with E-state index in [0.29, 0.717) is 6.42 Å². The number of carbonyl (C=O) groups is 2. The molecule has 1 aliphatic heterocycles. The van der Waals surface area contributed by atoms with Crippen molar-refractivity contribution in [2.75, 3.05) is 13.1 Å². The summed E-state index contributed by atoms with van der Waals surface area (Å²) >= 11 is 0. The Labute approximate surface area is 124 Å². The zero-order chi connectivity index (χ0) is 15.2. The van der Waals surface area contributed by atoms with Crippen molar-refractivity contribution in [2.45, 2.75) is 25.8 Å². The van der Waals surface area contributed by atoms with Crippen LogP contribution in [0.25, 0.3) is 0 Å². The van der Waals surface area contributed by atoms with Gasteiger partial charge in [-0.05, 0) is 37.1 Å². The summed E-state index contributed by atoms with van der Waals surface area (Å²) in [7, 11) is 0. The molecule has 0 saturated carbocycles. The number of nitrogens with zero attached hydrogens (tertiary/aromatic N) is 1. The average Bonchev–Trinajstić information content (AvgIpc) is 2.49. The molecule has 6 nitrogen and oxygen atoms in total. The SMILES string of the molecule is NNC(=O)Cc1ccc(CN2CCC(C(N)=O)CC2)cc1. The molecule has 0 atom stereocenters. The third kappa shape index (κ3) is 4.54. The molecule has 0 aliphatic carbocycles. The van der Waals surface area contributed by atoms with Crippen LogP contribution in [0.3, 0.4) is 0 Å². The molecule has 1 aromatic rings. The van der Waals surface area contributed by atoms with Crippen molar-refractivity contribution in [3.63, 3.8) is 0 Å². The molecule has 1 aliphatic rings. The van der Waals surface area contributed by atoms with Gasteiger partial charge in [0.25, 0.3) is 0 Å². The summed E-state index contributed by atoms with van der Waals surface area (Å²) in [5.74, 6) is 4.71. The van der Waals surface area contributed by atoms with Crippen LogP contribution in [0.4, 0.5) is 0 Å². The predicted octanol–water partition coefficient (Wildman–Crippen LogP) is -0.0837. The maximum atomic E-state index is 11.2. The van der Waals surface area contributed by atoms with Gasteiger partial charge in [-0.1, -0.05) is 24.3 Å². The van der Waals surface area contributed by atoms with E-state index in [4.69, 9.17) is 11.6 Å². The fourth-order valence-electron chi connectivity index (χ4n) is 2.63. The van der Waals surface area contributed by atoms with Gasteiger partial charge in [0.1, 0.15) is 0 Å². The fraction of sp³-hybridized carbons (Fsp3) is 0.467. The smallest absolute Gasteiger partial charge is 0.238 e. The summed E-state index contributed by atoms with van der Waals surface area (Å²) in [5, 5.41) is 0. The van der Waals surface area contributed by atoms with Gasteiger partial charge in [0, 0.05) is 12.5 Å². The van der Waals surface area contributed by atoms with E-state index in [9.17, 15) is 9.59 Å². The number of rotatable bonds is 5. The van der Waals surface area contributed by atoms with Crippen LogP contribution < -0.4 is 17.0 Å². The molecule has 21 heavy (non-hydrogen) atoms. The van der Waals surface area contributed by atoms with Crippen LogP contribution in [0.15, 0.2) is 24.3 Å². The van der Waals surface area contributed by atoms with Crippen LogP contribution in [0.5, 0.6) is 0 Å². The Bertz CT molecular complexity index is 493. The topological polar surface area (TPSA) is 101 Å². The minimum absolute atomic E-state index is 0.0263. The molecular formula is C15H22N4O2. The number of benzene rings is 1. The first-order chi connectivity index (χ1) is 10.1. The van der Waals surface area contributed by atoms with E-state index in [-0.39, 0.29) is 17.7 Å². The Morgan fingerprint density at radius 3 is 2.24 bits per heavy atom. The fourth-order valence-corrected chi connectivity index (χ4v) is 2.63. The Hall–Kier alpha value is -1.92. The third-order valence-electron chi connectivity index (χ3n) is 3.94. The third-order valence-corrected chi connectivity index (χ3v) is 3.94. The van der Waals surface area contributed by atoms with Crippen LogP contribution in [-0.4, -0.2) is 29.8 Å². The molecule has 0 spiro atoms. The van der Waals surface area contributed by atoms with E-state index < -0.39 is 0 Å². The number of likely N-dealkylation sites (tertiary alicyclic amines) is 1. The van der Waals surface area contributed by atoms with Crippen molar-refractivity contribution in [1.82, 2.24) is 10.3 Å². The summed E-state index contributed by atoms with van der Waals surface area (Å²) in [4.78, 5) is 24.6. The molecule has 1 fully saturated rings. The average molecular weight is 290 g/mol. The molecule has 2 rings (SSSR count). The second kappa shape index (κ2) is 7.19. The highest BCUT2D eigenvalue weighted by molar-refractivity contribution is 5.77. The molecule has 1 aromatic carbocycles. The standard InChI is InChI=1S/C15H22N4O2/c16-15(21)13-5-7-19(8-6-13)10-12-3-1-11(2-4-12)9-14(20)18-17/h1-4,13H,5-10,17H2,(H2,16,21)(H,18,20). The zero-order valence-electron chi connectivity index (χ0n) is 12.0. The van der Waals surface area contributed by atoms with Gasteiger partial charge in [-0.3, -0.25) is 19.9 Å². The molecule has 0 unspecified atom stereocenters. The van der Waals surface area contributed by atoms with Crippen molar-refractivity contribution in [3.05, 3.63) is 35.4 Å². The van der Waals surface area contributed by atoms with E-state index in [1.165, 1.54) is 5.56 Å². The second-order valence-corrected chi connectivity index (χ2v) is 5.51. The first-order valence-corrected chi connectivity index (χ1v) is 7.17. The molecule has 1 saturated heterocycles. The number of nitrogens with one attached hydrogen (secondary N) is 1. The minimum atomic E-state index is -0.198. The number of amides is 2. The normalized spacial score (nSPS) is 16.6. The van der Waals surface area contributed by atoms with Crippen molar-refractivity contribution in [3.8, 4) is 0 Å². The Morgan fingerprint density at radius 1 is 1.14 bits per heavy atom. The molecule has 0 aromatic heterocycles. The highest BCUT2D eigenvalue weighted by atomic mass is 16.2. The predicted molar refractivity (Wildman–Crippen MR) is 79.7 cm³/mol. The second-order valence-electron chi connectivity index (χ2n) is 5.51. The number of hydrazine groups is 1. The monoisotopic (exact) mass is 290 g/mol. The molecule has 0 bridgehead atoms. The quantitative estimate of drug-likeness (QED) is 0.401. The highest BCUT2D eigenvalue weighted by Gasteiger charge is 2.22. The highest BCUT2D eigenvalue weighted by Crippen LogP contribution is 2.18. The number of hydrogen-bond acceptors (Lipinski definition) is 4. The Kier molecular flexibility index (Phi) is 5.30. The number of primary amides is 1. The lowest BCUT2D eigenvalue weighted by atomic mass is 9.96. The zero-order valence-corrected chi connectivity index (χ0v) is 12.0. The lowest BCUT2D eigenvalue weighted by Gasteiger charge is -2.30. The number of piperidine rings is 1. The number of carbonyl (C=O) groups excluding carboxylic acids is 2. The van der Waals surface area contributed by atoms with E-state index in [1.54, 1.807) is 0 Å². The summed E-state index contributed by atoms with van der Waals surface area (Å²) in [6, 6.07) is 7.94. The van der Waals surface area contributed by atoms with E-state index in [2.05, 4.69) is 10.3 Å². The Morgan fingerprint density at radius 2 is 1.71 bits per heavy atom. The lowest BCUT2D eigenvalue weighted by molar-refractivity contribution is -0.123. The summed E-state index contributed by atoms with van der Waals surface area (Å²) < 4.78 is 0. The van der Waals surface area contributed by atoms with Gasteiger partial charge >= 0.3 is 0 Å². The van der Waals surface area contributed by atoms with Crippen LogP contribution >= 0.6 is 0 Å². The summed E-state index contributed by atoms with van der Waals surface area (Å²) in [6.07, 6.45) is 1.97. The van der Waals surface area contributed by atoms with E-state index >= 15 is 0 Å². The van der Waals surface area contributed by atoms with Gasteiger partial charge < -0.3 is 5.73 Å². The van der Waals surface area contributed by atoms with Crippen LogP contribution in [-0.2, 0) is 22.6 Å². The molecule has 5 N–H and O–H groups in total. The van der Waals surface area contributed by atoms with Crippen molar-refractivity contribution >= 4 is 11.8 Å². The van der Waals surface area contributed by atoms with Crippen molar-refractivity contribution in [1.29, 1.82) is 0 Å². The number of nitrogens with two attached hydrogens (primary N) is 2. The lowest BCUT2D eigenvalue weighted by Crippen LogP contribution is -2.38. The number of hydrogen-bond donors (Lipinski definition) is 3. The molecular weight excluding hydrogens is 268 g/mol. The molecule has 0 radical (unpaired) electrons. The molecule has 2 amide bonds. The first kappa shape index (κ1) is 15.5. The van der Waals surface area contributed by atoms with Crippen molar-refractivity contribution in [2.24, 2.45) is 17.5 Å². The van der Waals surface area contributed by atoms with Crippen molar-refractivity contribution < 1.29 is 9.59 Å². The molecule has 114 valence electrons. The van der Waals surface area contributed by atoms with Gasteiger partial charge in [-0.15, -0.1) is 0 Å². The maximum Gasteiger partial charge on any atom is 0.238 e. The summed E-state index contributed by atoms with van der Waals surface area (Å²) in [5.41, 5.74) is 9.59.